The van der Waals surface area contributed by atoms with E-state index in [1.807, 2.05) is 72.8 Å². The molecule has 0 fully saturated rings. The number of H-pyrrole nitrogens is 2. The monoisotopic (exact) mass is 648 g/mol. The van der Waals surface area contributed by atoms with Gasteiger partial charge in [0.15, 0.2) is 5.75 Å². The van der Waals surface area contributed by atoms with Gasteiger partial charge < -0.3 is 19.8 Å². The Morgan fingerprint density at radius 3 is 1.44 bits per heavy atom. The highest BCUT2D eigenvalue weighted by molar-refractivity contribution is 9.10. The van der Waals surface area contributed by atoms with Gasteiger partial charge in [-0.15, -0.1) is 0 Å². The first-order valence-electron chi connectivity index (χ1n) is 14.5. The molecule has 0 unspecified atom stereocenters. The second-order valence-corrected chi connectivity index (χ2v) is 11.5. The van der Waals surface area contributed by atoms with E-state index in [0.29, 0.717) is 11.5 Å². The maximum Gasteiger partial charge on any atom is 0.174 e. The van der Waals surface area contributed by atoms with E-state index in [2.05, 4.69) is 62.3 Å². The molecule has 0 saturated carbocycles. The molecule has 216 valence electrons. The van der Waals surface area contributed by atoms with Crippen molar-refractivity contribution in [3.63, 3.8) is 0 Å². The number of nitrogens with one attached hydrogen (secondary N) is 2. The number of aromatic amines is 2. The highest BCUT2D eigenvalue weighted by atomic mass is 79.9. The van der Waals surface area contributed by atoms with Crippen LogP contribution in [0.4, 0.5) is 0 Å². The van der Waals surface area contributed by atoms with Gasteiger partial charge in [0, 0.05) is 22.2 Å². The number of hydrogen-bond donors (Lipinski definition) is 3. The van der Waals surface area contributed by atoms with E-state index in [1.54, 1.807) is 24.3 Å². The maximum atomic E-state index is 9.89. The van der Waals surface area contributed by atoms with Crippen LogP contribution in [-0.4, -0.2) is 25.0 Å². The predicted molar refractivity (Wildman–Crippen MR) is 186 cm³/mol. The van der Waals surface area contributed by atoms with Crippen LogP contribution < -0.4 is 4.74 Å². The van der Waals surface area contributed by atoms with Gasteiger partial charge in [-0.3, -0.25) is 0 Å². The molecular weight excluding hydrogens is 624 g/mol. The van der Waals surface area contributed by atoms with E-state index >= 15 is 0 Å². The summed E-state index contributed by atoms with van der Waals surface area (Å²) in [6, 6.07) is 35.3. The molecule has 2 aliphatic heterocycles. The van der Waals surface area contributed by atoms with Gasteiger partial charge in [0.1, 0.15) is 11.5 Å². The van der Waals surface area contributed by atoms with E-state index in [-0.39, 0.29) is 5.75 Å². The number of benzene rings is 3. The Hall–Kier alpha value is -5.66. The molecule has 3 N–H and O–H groups in total. The van der Waals surface area contributed by atoms with Gasteiger partial charge >= 0.3 is 0 Å². The van der Waals surface area contributed by atoms with E-state index in [0.717, 1.165) is 71.6 Å². The van der Waals surface area contributed by atoms with Gasteiger partial charge in [0.25, 0.3) is 0 Å². The second kappa shape index (κ2) is 11.1. The SMILES string of the molecule is Oc1ccc(Oc2c3ccc([nH]3)c(-c3ccccc3)c3nc(c(Br)c4nc(c(-c5ccccc5)c5ccc2[nH]5)C=C4)C=C3)cc1. The third-order valence-corrected chi connectivity index (χ3v) is 8.64. The minimum Gasteiger partial charge on any atom is -0.508 e. The van der Waals surface area contributed by atoms with Crippen molar-refractivity contribution in [1.82, 2.24) is 19.9 Å². The number of fused-ring (bicyclic) bond motifs is 8. The summed E-state index contributed by atoms with van der Waals surface area (Å²) in [5.74, 6) is 1.37. The fraction of sp³-hybridized carbons (Fsp3) is 0. The summed E-state index contributed by atoms with van der Waals surface area (Å²) in [5.41, 5.74) is 10.6. The summed E-state index contributed by atoms with van der Waals surface area (Å²) in [5, 5.41) is 9.89. The van der Waals surface area contributed by atoms with Gasteiger partial charge in [-0.2, -0.15) is 0 Å². The lowest BCUT2D eigenvalue weighted by Gasteiger charge is -2.07. The molecule has 2 aliphatic rings. The van der Waals surface area contributed by atoms with Gasteiger partial charge in [0.2, 0.25) is 0 Å². The average molecular weight is 650 g/mol. The molecule has 7 heteroatoms. The predicted octanol–water partition coefficient (Wildman–Crippen LogP) is 10.2. The lowest BCUT2D eigenvalue weighted by Crippen LogP contribution is -1.88. The van der Waals surface area contributed by atoms with Crippen molar-refractivity contribution >= 4 is 62.3 Å². The number of halogens is 1. The normalized spacial score (nSPS) is 12.0. The molecular formula is C38H25BrN4O2. The first-order chi connectivity index (χ1) is 22.1. The van der Waals surface area contributed by atoms with Gasteiger partial charge in [-0.05, 0) is 99.9 Å². The third-order valence-electron chi connectivity index (χ3n) is 7.82. The fourth-order valence-electron chi connectivity index (χ4n) is 5.70. The number of phenols is 1. The average Bonchev–Trinajstić information content (AvgIpc) is 3.90. The Labute approximate surface area is 267 Å². The number of nitrogens with zero attached hydrogens (tertiary/aromatic N) is 2. The van der Waals surface area contributed by atoms with E-state index in [1.165, 1.54) is 0 Å². The zero-order valence-electron chi connectivity index (χ0n) is 23.8. The number of ether oxygens (including phenoxy) is 1. The molecule has 8 bridgehead atoms. The lowest BCUT2D eigenvalue weighted by molar-refractivity contribution is 0.467. The van der Waals surface area contributed by atoms with Crippen molar-refractivity contribution < 1.29 is 9.84 Å². The van der Waals surface area contributed by atoms with Crippen molar-refractivity contribution in [1.29, 1.82) is 0 Å². The van der Waals surface area contributed by atoms with E-state index < -0.39 is 0 Å². The van der Waals surface area contributed by atoms with Crippen LogP contribution in [0.3, 0.4) is 0 Å². The quantitative estimate of drug-likeness (QED) is 0.177. The summed E-state index contributed by atoms with van der Waals surface area (Å²) in [4.78, 5) is 17.4. The minimum atomic E-state index is 0.172. The van der Waals surface area contributed by atoms with Crippen LogP contribution in [0.5, 0.6) is 17.2 Å². The Morgan fingerprint density at radius 1 is 0.511 bits per heavy atom. The molecule has 0 saturated heterocycles. The first-order valence-corrected chi connectivity index (χ1v) is 15.3. The third kappa shape index (κ3) is 5.03. The molecule has 0 amide bonds. The summed E-state index contributed by atoms with van der Waals surface area (Å²) in [6.07, 6.45) is 8.11. The molecule has 3 aromatic heterocycles. The largest absolute Gasteiger partial charge is 0.508 e. The number of rotatable bonds is 4. The first kappa shape index (κ1) is 26.9. The molecule has 0 radical (unpaired) electrons. The van der Waals surface area contributed by atoms with Crippen LogP contribution in [-0.2, 0) is 0 Å². The van der Waals surface area contributed by atoms with Crippen LogP contribution in [0.25, 0.3) is 68.6 Å². The zero-order valence-corrected chi connectivity index (χ0v) is 25.4. The molecule has 0 atom stereocenters. The topological polar surface area (TPSA) is 86.8 Å². The Kier molecular flexibility index (Phi) is 6.65. The molecule has 45 heavy (non-hydrogen) atoms. The van der Waals surface area contributed by atoms with Gasteiger partial charge in [-0.25, -0.2) is 9.97 Å². The minimum absolute atomic E-state index is 0.172. The Balaban J connectivity index is 1.51. The Morgan fingerprint density at radius 2 is 0.956 bits per heavy atom. The van der Waals surface area contributed by atoms with Crippen LogP contribution in [0.15, 0.2) is 114 Å². The highest BCUT2D eigenvalue weighted by Gasteiger charge is 2.17. The number of phenolic OH excluding ortho intramolecular Hbond substituents is 1. The Bertz CT molecular complexity index is 2160. The van der Waals surface area contributed by atoms with Crippen molar-refractivity contribution in [2.75, 3.05) is 0 Å². The second-order valence-electron chi connectivity index (χ2n) is 10.7. The van der Waals surface area contributed by atoms with Crippen LogP contribution in [0.1, 0.15) is 22.8 Å². The van der Waals surface area contributed by atoms with Crippen molar-refractivity contribution in [2.45, 2.75) is 0 Å². The molecule has 0 aliphatic carbocycles. The highest BCUT2D eigenvalue weighted by Crippen LogP contribution is 2.37. The van der Waals surface area contributed by atoms with Crippen LogP contribution >= 0.6 is 15.9 Å². The number of hydrogen-bond acceptors (Lipinski definition) is 4. The van der Waals surface area contributed by atoms with Crippen molar-refractivity contribution in [3.05, 3.63) is 136 Å². The summed E-state index contributed by atoms with van der Waals surface area (Å²) >= 11 is 3.82. The molecule has 0 spiro atoms. The molecule has 8 rings (SSSR count). The van der Waals surface area contributed by atoms with E-state index in [9.17, 15) is 5.11 Å². The molecule has 3 aromatic carbocycles. The lowest BCUT2D eigenvalue weighted by atomic mass is 10.0. The standard InChI is InChI=1S/C38H25BrN4O2/c39-37-31-19-15-27(40-31)35(23-7-3-1-4-8-23)29-17-21-33(42-29)38(45-26-13-11-25(44)12-14-26)34-22-18-30(43-34)36(24-9-5-2-6-10-24)28-16-20-32(37)41-28/h1-22,42-44H. The molecule has 6 aromatic rings. The fourth-order valence-corrected chi connectivity index (χ4v) is 6.15. The summed E-state index contributed by atoms with van der Waals surface area (Å²) in [6.45, 7) is 0. The maximum absolute atomic E-state index is 9.89. The van der Waals surface area contributed by atoms with Gasteiger partial charge in [0.05, 0.1) is 38.3 Å². The van der Waals surface area contributed by atoms with Crippen molar-refractivity contribution in [3.8, 4) is 39.5 Å². The summed E-state index contributed by atoms with van der Waals surface area (Å²) < 4.78 is 7.37. The number of aromatic nitrogens is 4. The molecule has 5 heterocycles. The summed E-state index contributed by atoms with van der Waals surface area (Å²) in [7, 11) is 0. The van der Waals surface area contributed by atoms with Gasteiger partial charge in [-0.1, -0.05) is 60.7 Å². The smallest absolute Gasteiger partial charge is 0.174 e. The van der Waals surface area contributed by atoms with Crippen molar-refractivity contribution in [2.24, 2.45) is 0 Å². The number of aromatic hydroxyl groups is 1. The van der Waals surface area contributed by atoms with Crippen LogP contribution in [0, 0.1) is 0 Å². The molecule has 6 nitrogen and oxygen atoms in total. The zero-order chi connectivity index (χ0) is 30.3. The van der Waals surface area contributed by atoms with Crippen LogP contribution in [0.2, 0.25) is 0 Å². The van der Waals surface area contributed by atoms with E-state index in [4.69, 9.17) is 14.7 Å².